The first-order valence-corrected chi connectivity index (χ1v) is 8.25. The molecule has 2 nitrogen and oxygen atoms in total. The third kappa shape index (κ3) is 4.91. The summed E-state index contributed by atoms with van der Waals surface area (Å²) in [6, 6.07) is 19.6. The fraction of sp³-hybridized carbons (Fsp3) is 0.0952. The second-order valence-corrected chi connectivity index (χ2v) is 6.09. The summed E-state index contributed by atoms with van der Waals surface area (Å²) in [5.74, 6) is 0.480. The molecule has 4 heteroatoms. The molecule has 0 aromatic heterocycles. The van der Waals surface area contributed by atoms with Crippen LogP contribution in [0.5, 0.6) is 5.75 Å². The van der Waals surface area contributed by atoms with Crippen molar-refractivity contribution in [3.05, 3.63) is 94.3 Å². The molecule has 0 aliphatic rings. The Bertz CT molecular complexity index is 891. The number of hydrogen-bond donors (Lipinski definition) is 0. The molecular weight excluding hydrogens is 337 g/mol. The third-order valence-electron chi connectivity index (χ3n) is 3.69. The minimum absolute atomic E-state index is 0.252. The lowest BCUT2D eigenvalue weighted by molar-refractivity contribution is 0.306. The molecule has 0 amide bonds. The Morgan fingerprint density at radius 3 is 2.60 bits per heavy atom. The summed E-state index contributed by atoms with van der Waals surface area (Å²) in [5.41, 5.74) is 3.66. The van der Waals surface area contributed by atoms with E-state index in [4.69, 9.17) is 16.3 Å². The highest BCUT2D eigenvalue weighted by Gasteiger charge is 1.99. The van der Waals surface area contributed by atoms with Crippen LogP contribution in [0.3, 0.4) is 0 Å². The fourth-order valence-corrected chi connectivity index (χ4v) is 2.42. The first kappa shape index (κ1) is 17.2. The van der Waals surface area contributed by atoms with E-state index in [-0.39, 0.29) is 5.82 Å². The molecule has 0 heterocycles. The number of hydrogen-bond acceptors (Lipinski definition) is 2. The highest BCUT2D eigenvalue weighted by molar-refractivity contribution is 6.31. The van der Waals surface area contributed by atoms with Gasteiger partial charge in [0.05, 0.1) is 5.69 Å². The maximum absolute atomic E-state index is 12.9. The Balaban J connectivity index is 1.67. The summed E-state index contributed by atoms with van der Waals surface area (Å²) in [6.07, 6.45) is 1.77. The molecule has 0 bridgehead atoms. The first-order valence-electron chi connectivity index (χ1n) is 7.88. The quantitative estimate of drug-likeness (QED) is 0.506. The third-order valence-corrected chi connectivity index (χ3v) is 4.10. The van der Waals surface area contributed by atoms with Gasteiger partial charge in [-0.1, -0.05) is 41.9 Å². The van der Waals surface area contributed by atoms with Gasteiger partial charge >= 0.3 is 0 Å². The number of aryl methyl sites for hydroxylation is 1. The van der Waals surface area contributed by atoms with Crippen LogP contribution in [0.25, 0.3) is 0 Å². The molecule has 0 saturated carbocycles. The number of nitrogens with zero attached hydrogens (tertiary/aromatic N) is 1. The molecule has 0 aliphatic heterocycles. The van der Waals surface area contributed by atoms with Crippen LogP contribution in [-0.2, 0) is 6.61 Å². The van der Waals surface area contributed by atoms with E-state index >= 15 is 0 Å². The molecule has 0 aliphatic carbocycles. The van der Waals surface area contributed by atoms with Gasteiger partial charge in [-0.05, 0) is 60.0 Å². The van der Waals surface area contributed by atoms with E-state index in [1.54, 1.807) is 18.3 Å². The Morgan fingerprint density at radius 1 is 1.04 bits per heavy atom. The molecule has 3 aromatic rings. The van der Waals surface area contributed by atoms with Crippen LogP contribution in [-0.4, -0.2) is 6.21 Å². The van der Waals surface area contributed by atoms with Crippen molar-refractivity contribution in [2.45, 2.75) is 13.5 Å². The summed E-state index contributed by atoms with van der Waals surface area (Å²) >= 11 is 6.11. The molecule has 0 N–H and O–H groups in total. The summed E-state index contributed by atoms with van der Waals surface area (Å²) in [5, 5.41) is 0.700. The SMILES string of the molecule is Cc1ccc(N=Cc2cccc(OCc3ccc(F)cc3)c2)cc1Cl. The number of aliphatic imine (C=N–C) groups is 1. The lowest BCUT2D eigenvalue weighted by atomic mass is 10.2. The van der Waals surface area contributed by atoms with Gasteiger partial charge in [0, 0.05) is 11.2 Å². The average Bonchev–Trinajstić information content (AvgIpc) is 2.63. The molecule has 0 saturated heterocycles. The van der Waals surface area contributed by atoms with Crippen LogP contribution in [0.15, 0.2) is 71.7 Å². The summed E-state index contributed by atoms with van der Waals surface area (Å²) in [6.45, 7) is 2.34. The molecule has 0 radical (unpaired) electrons. The van der Waals surface area contributed by atoms with Gasteiger partial charge in [0.2, 0.25) is 0 Å². The zero-order valence-corrected chi connectivity index (χ0v) is 14.5. The maximum Gasteiger partial charge on any atom is 0.123 e. The van der Waals surface area contributed by atoms with E-state index in [0.717, 1.165) is 28.1 Å². The molecule has 0 unspecified atom stereocenters. The van der Waals surface area contributed by atoms with Crippen LogP contribution in [0.4, 0.5) is 10.1 Å². The van der Waals surface area contributed by atoms with Crippen molar-refractivity contribution >= 4 is 23.5 Å². The molecule has 0 atom stereocenters. The predicted molar refractivity (Wildman–Crippen MR) is 101 cm³/mol. The number of benzene rings is 3. The fourth-order valence-electron chi connectivity index (χ4n) is 2.24. The van der Waals surface area contributed by atoms with Crippen molar-refractivity contribution < 1.29 is 9.13 Å². The average molecular weight is 354 g/mol. The van der Waals surface area contributed by atoms with Crippen LogP contribution >= 0.6 is 11.6 Å². The second kappa shape index (κ2) is 7.95. The normalized spacial score (nSPS) is 11.0. The van der Waals surface area contributed by atoms with Gasteiger partial charge < -0.3 is 4.74 Å². The largest absolute Gasteiger partial charge is 0.489 e. The van der Waals surface area contributed by atoms with E-state index in [0.29, 0.717) is 11.6 Å². The van der Waals surface area contributed by atoms with Gasteiger partial charge in [0.25, 0.3) is 0 Å². The zero-order chi connectivity index (χ0) is 17.6. The molecular formula is C21H17ClFNO. The van der Waals surface area contributed by atoms with Gasteiger partial charge in [-0.25, -0.2) is 4.39 Å². The molecule has 0 spiro atoms. The van der Waals surface area contributed by atoms with Crippen LogP contribution in [0.2, 0.25) is 5.02 Å². The smallest absolute Gasteiger partial charge is 0.123 e. The Kier molecular flexibility index (Phi) is 5.46. The summed E-state index contributed by atoms with van der Waals surface area (Å²) < 4.78 is 18.7. The minimum atomic E-state index is -0.252. The van der Waals surface area contributed by atoms with Crippen LogP contribution < -0.4 is 4.74 Å². The topological polar surface area (TPSA) is 21.6 Å². The summed E-state index contributed by atoms with van der Waals surface area (Å²) in [4.78, 5) is 4.44. The number of ether oxygens (including phenoxy) is 1. The van der Waals surface area contributed by atoms with Gasteiger partial charge in [0.15, 0.2) is 0 Å². The molecule has 25 heavy (non-hydrogen) atoms. The maximum atomic E-state index is 12.9. The van der Waals surface area contributed by atoms with E-state index in [2.05, 4.69) is 4.99 Å². The zero-order valence-electron chi connectivity index (χ0n) is 13.7. The van der Waals surface area contributed by atoms with Crippen molar-refractivity contribution in [3.63, 3.8) is 0 Å². The van der Waals surface area contributed by atoms with Gasteiger partial charge in [-0.15, -0.1) is 0 Å². The van der Waals surface area contributed by atoms with Crippen molar-refractivity contribution in [1.82, 2.24) is 0 Å². The molecule has 0 fully saturated rings. The molecule has 3 rings (SSSR count). The standard InChI is InChI=1S/C21H17ClFNO/c1-15-5-10-19(12-21(15)22)24-13-17-3-2-4-20(11-17)25-14-16-6-8-18(23)9-7-16/h2-13H,14H2,1H3. The van der Waals surface area contributed by atoms with Crippen molar-refractivity contribution in [3.8, 4) is 5.75 Å². The van der Waals surface area contributed by atoms with E-state index < -0.39 is 0 Å². The highest BCUT2D eigenvalue weighted by Crippen LogP contribution is 2.22. The van der Waals surface area contributed by atoms with Gasteiger partial charge in [-0.2, -0.15) is 0 Å². The van der Waals surface area contributed by atoms with Crippen molar-refractivity contribution in [2.24, 2.45) is 4.99 Å². The summed E-state index contributed by atoms with van der Waals surface area (Å²) in [7, 11) is 0. The Labute approximate surface area is 151 Å². The lowest BCUT2D eigenvalue weighted by Crippen LogP contribution is -1.96. The second-order valence-electron chi connectivity index (χ2n) is 5.68. The van der Waals surface area contributed by atoms with Crippen LogP contribution in [0, 0.1) is 12.7 Å². The van der Waals surface area contributed by atoms with Gasteiger partial charge in [-0.3, -0.25) is 4.99 Å². The van der Waals surface area contributed by atoms with Crippen molar-refractivity contribution in [2.75, 3.05) is 0 Å². The van der Waals surface area contributed by atoms with Crippen LogP contribution in [0.1, 0.15) is 16.7 Å². The molecule has 126 valence electrons. The van der Waals surface area contributed by atoms with E-state index in [9.17, 15) is 4.39 Å². The Morgan fingerprint density at radius 2 is 1.84 bits per heavy atom. The van der Waals surface area contributed by atoms with Gasteiger partial charge in [0.1, 0.15) is 18.2 Å². The Hall–Kier alpha value is -2.65. The number of rotatable bonds is 5. The molecule has 3 aromatic carbocycles. The predicted octanol–water partition coefficient (Wildman–Crippen LogP) is 6.12. The van der Waals surface area contributed by atoms with Crippen molar-refractivity contribution in [1.29, 1.82) is 0 Å². The van der Waals surface area contributed by atoms with E-state index in [1.807, 2.05) is 49.4 Å². The first-order chi connectivity index (χ1) is 12.1. The highest BCUT2D eigenvalue weighted by atomic mass is 35.5. The lowest BCUT2D eigenvalue weighted by Gasteiger charge is -2.07. The van der Waals surface area contributed by atoms with E-state index in [1.165, 1.54) is 12.1 Å². The minimum Gasteiger partial charge on any atom is -0.489 e. The monoisotopic (exact) mass is 353 g/mol. The number of halogens is 2.